The number of aliphatic hydroxyl groups excluding tert-OH is 3. The van der Waals surface area contributed by atoms with Gasteiger partial charge in [-0.15, -0.1) is 0 Å². The molecule has 0 bridgehead atoms. The van der Waals surface area contributed by atoms with E-state index in [0.29, 0.717) is 5.56 Å². The van der Waals surface area contributed by atoms with Crippen LogP contribution in [0.5, 0.6) is 23.0 Å². The molecular formula is C20H19O9+. The van der Waals surface area contributed by atoms with Gasteiger partial charge in [-0.05, 0) is 24.3 Å². The third kappa shape index (κ3) is 3.64. The van der Waals surface area contributed by atoms with E-state index in [1.807, 2.05) is 0 Å². The van der Waals surface area contributed by atoms with Crippen LogP contribution in [0.15, 0.2) is 46.9 Å². The molecule has 6 N–H and O–H groups in total. The van der Waals surface area contributed by atoms with Crippen molar-refractivity contribution >= 4 is 11.0 Å². The summed E-state index contributed by atoms with van der Waals surface area (Å²) in [6.45, 7) is -0.249. The first kappa shape index (κ1) is 19.2. The Hall–Kier alpha value is -3.11. The van der Waals surface area contributed by atoms with Gasteiger partial charge < -0.3 is 40.1 Å². The number of phenols is 3. The highest BCUT2D eigenvalue weighted by atomic mass is 16.7. The summed E-state index contributed by atoms with van der Waals surface area (Å²) in [4.78, 5) is 0. The van der Waals surface area contributed by atoms with Crippen LogP contribution in [-0.4, -0.2) is 61.8 Å². The summed E-state index contributed by atoms with van der Waals surface area (Å²) in [5.41, 5.74) is 0.659. The minimum Gasteiger partial charge on any atom is -0.508 e. The second kappa shape index (κ2) is 7.37. The summed E-state index contributed by atoms with van der Waals surface area (Å²) in [5.74, 6) is -0.190. The summed E-state index contributed by atoms with van der Waals surface area (Å²) in [6, 6.07) is 9.88. The van der Waals surface area contributed by atoms with E-state index in [0.717, 1.165) is 6.07 Å². The van der Waals surface area contributed by atoms with Crippen molar-refractivity contribution in [1.29, 1.82) is 0 Å². The van der Waals surface area contributed by atoms with E-state index in [1.54, 1.807) is 12.1 Å². The maximum atomic E-state index is 10.2. The second-order valence-corrected chi connectivity index (χ2v) is 6.73. The molecule has 29 heavy (non-hydrogen) atoms. The fraction of sp³-hybridized carbons (Fsp3) is 0.250. The SMILES string of the molecule is Oc1ccc(-c2[o+]c3cc(O)cc(O)c3cc2O[C@H]2OC[C@H](O)[C@@H](O)[C@H]2O)cc1. The number of rotatable bonds is 3. The molecule has 1 fully saturated rings. The lowest BCUT2D eigenvalue weighted by atomic mass is 10.1. The predicted molar refractivity (Wildman–Crippen MR) is 99.4 cm³/mol. The molecule has 1 aliphatic rings. The normalized spacial score (nSPS) is 24.5. The van der Waals surface area contributed by atoms with Crippen LogP contribution in [0.2, 0.25) is 0 Å². The summed E-state index contributed by atoms with van der Waals surface area (Å²) < 4.78 is 16.8. The van der Waals surface area contributed by atoms with Gasteiger partial charge in [0.25, 0.3) is 0 Å². The molecule has 2 aromatic carbocycles. The number of aliphatic hydroxyl groups is 3. The minimum atomic E-state index is -1.53. The van der Waals surface area contributed by atoms with Gasteiger partial charge >= 0.3 is 11.3 Å². The van der Waals surface area contributed by atoms with Crippen molar-refractivity contribution in [2.75, 3.05) is 6.61 Å². The van der Waals surface area contributed by atoms with Crippen LogP contribution in [-0.2, 0) is 4.74 Å². The molecule has 4 rings (SSSR count). The fourth-order valence-corrected chi connectivity index (χ4v) is 3.09. The van der Waals surface area contributed by atoms with Crippen molar-refractivity contribution in [1.82, 2.24) is 0 Å². The molecular weight excluding hydrogens is 384 g/mol. The standard InChI is InChI=1S/C20H18O9/c21-10-3-1-9(2-4-10)19-16(29-20-18(26)17(25)14(24)8-27-20)7-12-13(23)5-11(22)6-15(12)28-19/h1-7,14,17-18,20,24-26H,8H2,(H2-,21,22,23)/p+1/t14-,17+,18+,20+/m0/s1. The summed E-state index contributed by atoms with van der Waals surface area (Å²) in [7, 11) is 0. The molecule has 0 saturated carbocycles. The molecule has 1 aliphatic heterocycles. The van der Waals surface area contributed by atoms with E-state index in [2.05, 4.69) is 0 Å². The van der Waals surface area contributed by atoms with E-state index in [-0.39, 0.29) is 46.3 Å². The van der Waals surface area contributed by atoms with Crippen molar-refractivity contribution < 1.29 is 44.5 Å². The first-order valence-electron chi connectivity index (χ1n) is 8.78. The highest BCUT2D eigenvalue weighted by molar-refractivity contribution is 5.88. The van der Waals surface area contributed by atoms with Gasteiger partial charge in [-0.3, -0.25) is 0 Å². The summed E-state index contributed by atoms with van der Waals surface area (Å²) >= 11 is 0. The van der Waals surface area contributed by atoms with Gasteiger partial charge in [-0.25, -0.2) is 4.42 Å². The molecule has 4 atom stereocenters. The van der Waals surface area contributed by atoms with E-state index in [1.165, 1.54) is 24.3 Å². The van der Waals surface area contributed by atoms with Crippen LogP contribution in [0.4, 0.5) is 0 Å². The zero-order valence-electron chi connectivity index (χ0n) is 15.0. The van der Waals surface area contributed by atoms with Crippen molar-refractivity contribution in [2.24, 2.45) is 0 Å². The molecule has 1 aromatic heterocycles. The number of phenolic OH excluding ortho intramolecular Hbond substituents is 3. The second-order valence-electron chi connectivity index (χ2n) is 6.73. The molecule has 0 unspecified atom stereocenters. The average molecular weight is 403 g/mol. The largest absolute Gasteiger partial charge is 0.508 e. The monoisotopic (exact) mass is 403 g/mol. The van der Waals surface area contributed by atoms with Crippen LogP contribution in [0, 0.1) is 0 Å². The van der Waals surface area contributed by atoms with Gasteiger partial charge in [0.1, 0.15) is 40.9 Å². The molecule has 0 radical (unpaired) electrons. The Morgan fingerprint density at radius 3 is 2.34 bits per heavy atom. The minimum absolute atomic E-state index is 0.0374. The number of fused-ring (bicyclic) bond motifs is 1. The Labute approximate surface area is 164 Å². The topological polar surface area (TPSA) is 151 Å². The highest BCUT2D eigenvalue weighted by Gasteiger charge is 2.40. The van der Waals surface area contributed by atoms with Gasteiger partial charge in [0.05, 0.1) is 18.2 Å². The Morgan fingerprint density at radius 1 is 0.897 bits per heavy atom. The summed E-state index contributed by atoms with van der Waals surface area (Å²) in [5, 5.41) is 59.3. The van der Waals surface area contributed by atoms with Crippen LogP contribution < -0.4 is 4.74 Å². The first-order chi connectivity index (χ1) is 13.8. The third-order valence-electron chi connectivity index (χ3n) is 4.64. The number of ether oxygens (including phenoxy) is 2. The summed E-state index contributed by atoms with van der Waals surface area (Å²) in [6.07, 6.45) is -5.56. The lowest BCUT2D eigenvalue weighted by Gasteiger charge is -2.34. The zero-order valence-corrected chi connectivity index (χ0v) is 15.0. The smallest absolute Gasteiger partial charge is 0.402 e. The molecule has 9 heteroatoms. The third-order valence-corrected chi connectivity index (χ3v) is 4.64. The number of aromatic hydroxyl groups is 3. The molecule has 3 aromatic rings. The first-order valence-corrected chi connectivity index (χ1v) is 8.78. The number of hydrogen-bond donors (Lipinski definition) is 6. The lowest BCUT2D eigenvalue weighted by Crippen LogP contribution is -2.54. The van der Waals surface area contributed by atoms with Crippen LogP contribution in [0.3, 0.4) is 0 Å². The zero-order chi connectivity index (χ0) is 20.7. The van der Waals surface area contributed by atoms with E-state index in [9.17, 15) is 30.6 Å². The molecule has 0 spiro atoms. The number of hydrogen-bond acceptors (Lipinski definition) is 8. The number of benzene rings is 2. The molecule has 2 heterocycles. The Balaban J connectivity index is 1.82. The van der Waals surface area contributed by atoms with Gasteiger partial charge in [0.15, 0.2) is 0 Å². The Morgan fingerprint density at radius 2 is 1.62 bits per heavy atom. The van der Waals surface area contributed by atoms with Gasteiger partial charge in [-0.1, -0.05) is 0 Å². The maximum Gasteiger partial charge on any atom is 0.402 e. The molecule has 0 aliphatic carbocycles. The van der Waals surface area contributed by atoms with Crippen LogP contribution in [0.25, 0.3) is 22.3 Å². The maximum absolute atomic E-state index is 10.2. The quantitative estimate of drug-likeness (QED) is 0.356. The Kier molecular flexibility index (Phi) is 4.89. The van der Waals surface area contributed by atoms with Crippen molar-refractivity contribution in [3.05, 3.63) is 42.5 Å². The predicted octanol–water partition coefficient (Wildman–Crippen LogP) is 1.32. The lowest BCUT2D eigenvalue weighted by molar-refractivity contribution is -0.242. The van der Waals surface area contributed by atoms with Crippen molar-refractivity contribution in [3.63, 3.8) is 0 Å². The van der Waals surface area contributed by atoms with Crippen LogP contribution >= 0.6 is 0 Å². The molecule has 0 amide bonds. The molecule has 152 valence electrons. The van der Waals surface area contributed by atoms with Gasteiger partial charge in [0, 0.05) is 12.1 Å². The van der Waals surface area contributed by atoms with Crippen molar-refractivity contribution in [2.45, 2.75) is 24.6 Å². The van der Waals surface area contributed by atoms with E-state index in [4.69, 9.17) is 13.9 Å². The molecule has 9 nitrogen and oxygen atoms in total. The van der Waals surface area contributed by atoms with E-state index < -0.39 is 24.6 Å². The Bertz CT molecular complexity index is 1030. The average Bonchev–Trinajstić information content (AvgIpc) is 2.69. The molecule has 1 saturated heterocycles. The van der Waals surface area contributed by atoms with Gasteiger partial charge in [-0.2, -0.15) is 0 Å². The fourth-order valence-electron chi connectivity index (χ4n) is 3.09. The van der Waals surface area contributed by atoms with Crippen LogP contribution in [0.1, 0.15) is 0 Å². The van der Waals surface area contributed by atoms with E-state index >= 15 is 0 Å². The van der Waals surface area contributed by atoms with Gasteiger partial charge in [0.2, 0.25) is 12.0 Å². The van der Waals surface area contributed by atoms with Crippen molar-refractivity contribution in [3.8, 4) is 34.3 Å². The highest BCUT2D eigenvalue weighted by Crippen LogP contribution is 2.40.